The van der Waals surface area contributed by atoms with Gasteiger partial charge in [0.2, 0.25) is 5.71 Å². The van der Waals surface area contributed by atoms with E-state index in [2.05, 4.69) is 32.3 Å². The number of benzene rings is 1. The predicted molar refractivity (Wildman–Crippen MR) is 125 cm³/mol. The Balaban J connectivity index is 0.000000259. The third kappa shape index (κ3) is 7.54. The molecular weight excluding hydrogens is 462 g/mol. The third-order valence-corrected chi connectivity index (χ3v) is 5.62. The van der Waals surface area contributed by atoms with E-state index >= 15 is 0 Å². The van der Waals surface area contributed by atoms with Crippen LogP contribution in [0, 0.1) is 23.2 Å². The maximum Gasteiger partial charge on any atom is 0.321 e. The normalized spacial score (nSPS) is 15.6. The molecule has 34 heavy (non-hydrogen) atoms. The number of hydrogen-bond acceptors (Lipinski definition) is 8. The molecule has 12 heteroatoms. The second-order valence-electron chi connectivity index (χ2n) is 7.70. The molecule has 3 N–H and O–H groups in total. The Hall–Kier alpha value is -3.49. The average Bonchev–Trinajstić information content (AvgIpc) is 3.54. The van der Waals surface area contributed by atoms with E-state index in [-0.39, 0.29) is 5.92 Å². The second kappa shape index (κ2) is 12.7. The number of urea groups is 1. The van der Waals surface area contributed by atoms with Gasteiger partial charge >= 0.3 is 6.03 Å². The summed E-state index contributed by atoms with van der Waals surface area (Å²) in [6.45, 7) is 4.59. The summed E-state index contributed by atoms with van der Waals surface area (Å²) in [6, 6.07) is 8.25. The number of carbonyl (C=O) groups is 2. The van der Waals surface area contributed by atoms with Crippen LogP contribution in [0.2, 0.25) is 5.02 Å². The molecule has 2 unspecified atom stereocenters. The van der Waals surface area contributed by atoms with Gasteiger partial charge < -0.3 is 15.3 Å². The lowest BCUT2D eigenvalue weighted by molar-refractivity contribution is -0.113. The molecule has 2 atom stereocenters. The monoisotopic (exact) mass is 489 g/mol. The third-order valence-electron chi connectivity index (χ3n) is 5.36. The van der Waals surface area contributed by atoms with Crippen molar-refractivity contribution in [2.24, 2.45) is 17.0 Å². The lowest BCUT2D eigenvalue weighted by Crippen LogP contribution is -2.42. The molecule has 1 saturated carbocycles. The van der Waals surface area contributed by atoms with Crippen LogP contribution in [0.5, 0.6) is 0 Å². The van der Waals surface area contributed by atoms with Crippen molar-refractivity contribution >= 4 is 29.3 Å². The van der Waals surface area contributed by atoms with Gasteiger partial charge in [-0.05, 0) is 49.3 Å². The quantitative estimate of drug-likeness (QED) is 0.379. The minimum atomic E-state index is -0.945. The molecule has 3 amide bonds. The van der Waals surface area contributed by atoms with Gasteiger partial charge in [-0.2, -0.15) is 10.4 Å². The number of aliphatic hydroxyl groups is 1. The smallest absolute Gasteiger partial charge is 0.321 e. The zero-order valence-electron chi connectivity index (χ0n) is 19.2. The molecule has 3 rings (SSSR count). The van der Waals surface area contributed by atoms with Crippen LogP contribution in [0.3, 0.4) is 0 Å². The Morgan fingerprint density at radius 2 is 2.09 bits per heavy atom. The maximum absolute atomic E-state index is 11.3. The summed E-state index contributed by atoms with van der Waals surface area (Å²) >= 11 is 5.95. The lowest BCUT2D eigenvalue weighted by atomic mass is 9.79. The summed E-state index contributed by atoms with van der Waals surface area (Å²) in [5, 5.41) is 31.8. The number of rotatable bonds is 8. The number of hydrogen-bond donors (Lipinski definition) is 3. The van der Waals surface area contributed by atoms with Gasteiger partial charge in [-0.15, -0.1) is 0 Å². The standard InChI is InChI=1S/C15H18ClN3O.C7H10N4O3/c1-11(12-2-3-12)15(20,8-19-10-17-9-18-19)13-4-6-14(16)7-5-13;1-3-9-7(13)10-6(12)5(4-8)11-14-2/h4-7,9-12,20H,2-3,8H2,1H3;3H2,1-2H3,(H2,9,10,12,13)/b;11-5+. The van der Waals surface area contributed by atoms with Gasteiger partial charge in [0, 0.05) is 11.6 Å². The molecule has 1 fully saturated rings. The van der Waals surface area contributed by atoms with E-state index in [1.165, 1.54) is 32.3 Å². The Morgan fingerprint density at radius 1 is 1.41 bits per heavy atom. The summed E-state index contributed by atoms with van der Waals surface area (Å²) in [6.07, 6.45) is 5.51. The van der Waals surface area contributed by atoms with Gasteiger partial charge in [0.15, 0.2) is 0 Å². The van der Waals surface area contributed by atoms with Crippen LogP contribution >= 0.6 is 11.6 Å². The van der Waals surface area contributed by atoms with Crippen LogP contribution in [-0.2, 0) is 21.8 Å². The number of halogens is 1. The van der Waals surface area contributed by atoms with Crippen molar-refractivity contribution in [2.75, 3.05) is 13.7 Å². The number of nitrogens with one attached hydrogen (secondary N) is 2. The Labute approximate surface area is 202 Å². The highest BCUT2D eigenvalue weighted by Gasteiger charge is 2.44. The van der Waals surface area contributed by atoms with Crippen molar-refractivity contribution in [1.82, 2.24) is 25.4 Å². The Morgan fingerprint density at radius 3 is 2.59 bits per heavy atom. The molecule has 0 aliphatic heterocycles. The molecule has 1 heterocycles. The molecule has 182 valence electrons. The minimum absolute atomic E-state index is 0.174. The highest BCUT2D eigenvalue weighted by Crippen LogP contribution is 2.46. The van der Waals surface area contributed by atoms with Crippen molar-refractivity contribution in [1.29, 1.82) is 5.26 Å². The first-order chi connectivity index (χ1) is 16.2. The number of nitrogens with zero attached hydrogens (tertiary/aromatic N) is 5. The highest BCUT2D eigenvalue weighted by molar-refractivity contribution is 6.46. The number of imide groups is 1. The summed E-state index contributed by atoms with van der Waals surface area (Å²) in [5.41, 5.74) is -0.574. The van der Waals surface area contributed by atoms with E-state index in [0.29, 0.717) is 24.0 Å². The molecule has 1 aromatic heterocycles. The van der Waals surface area contributed by atoms with Crippen LogP contribution in [0.4, 0.5) is 4.79 Å². The molecule has 0 bridgehead atoms. The van der Waals surface area contributed by atoms with Crippen LogP contribution in [-0.4, -0.2) is 51.2 Å². The fraction of sp³-hybridized carbons (Fsp3) is 0.455. The molecule has 1 aromatic carbocycles. The number of aromatic nitrogens is 3. The van der Waals surface area contributed by atoms with Crippen LogP contribution in [0.25, 0.3) is 0 Å². The predicted octanol–water partition coefficient (Wildman–Crippen LogP) is 2.22. The number of nitriles is 1. The molecule has 2 aromatic rings. The number of amides is 3. The van der Waals surface area contributed by atoms with Gasteiger partial charge in [-0.1, -0.05) is 35.8 Å². The maximum atomic E-state index is 11.3. The first kappa shape index (κ1) is 26.8. The topological polar surface area (TPSA) is 155 Å². The highest BCUT2D eigenvalue weighted by atomic mass is 35.5. The van der Waals surface area contributed by atoms with Gasteiger partial charge in [0.25, 0.3) is 5.91 Å². The van der Waals surface area contributed by atoms with E-state index in [1.54, 1.807) is 17.9 Å². The largest absolute Gasteiger partial charge is 0.398 e. The number of carbonyl (C=O) groups excluding carboxylic acids is 2. The Kier molecular flexibility index (Phi) is 9.97. The van der Waals surface area contributed by atoms with Crippen molar-refractivity contribution in [2.45, 2.75) is 38.8 Å². The molecule has 1 aliphatic carbocycles. The van der Waals surface area contributed by atoms with E-state index in [0.717, 1.165) is 5.56 Å². The van der Waals surface area contributed by atoms with Gasteiger partial charge in [0.05, 0.1) is 6.54 Å². The number of oxime groups is 1. The van der Waals surface area contributed by atoms with Crippen LogP contribution in [0.15, 0.2) is 42.1 Å². The van der Waals surface area contributed by atoms with Gasteiger partial charge in [0.1, 0.15) is 31.4 Å². The van der Waals surface area contributed by atoms with E-state index in [4.69, 9.17) is 16.9 Å². The van der Waals surface area contributed by atoms with E-state index in [1.807, 2.05) is 29.6 Å². The zero-order valence-corrected chi connectivity index (χ0v) is 20.0. The van der Waals surface area contributed by atoms with Crippen LogP contribution in [0.1, 0.15) is 32.3 Å². The van der Waals surface area contributed by atoms with Gasteiger partial charge in [-0.3, -0.25) is 10.1 Å². The molecule has 0 saturated heterocycles. The summed E-state index contributed by atoms with van der Waals surface area (Å²) in [7, 11) is 1.19. The van der Waals surface area contributed by atoms with Crippen molar-refractivity contribution in [3.63, 3.8) is 0 Å². The lowest BCUT2D eigenvalue weighted by Gasteiger charge is -2.35. The van der Waals surface area contributed by atoms with E-state index in [9.17, 15) is 14.7 Å². The second-order valence-corrected chi connectivity index (χ2v) is 8.13. The molecule has 11 nitrogen and oxygen atoms in total. The fourth-order valence-corrected chi connectivity index (χ4v) is 3.48. The average molecular weight is 490 g/mol. The van der Waals surface area contributed by atoms with Crippen molar-refractivity contribution in [3.8, 4) is 6.07 Å². The van der Waals surface area contributed by atoms with E-state index < -0.39 is 23.3 Å². The summed E-state index contributed by atoms with van der Waals surface area (Å²) in [5.74, 6) is -0.146. The summed E-state index contributed by atoms with van der Waals surface area (Å²) < 4.78 is 1.69. The minimum Gasteiger partial charge on any atom is -0.398 e. The molecule has 0 radical (unpaired) electrons. The van der Waals surface area contributed by atoms with Gasteiger partial charge in [-0.25, -0.2) is 14.5 Å². The Bertz CT molecular complexity index is 1020. The van der Waals surface area contributed by atoms with Crippen molar-refractivity contribution in [3.05, 3.63) is 47.5 Å². The fourth-order valence-electron chi connectivity index (χ4n) is 3.36. The molecule has 1 aliphatic rings. The first-order valence-electron chi connectivity index (χ1n) is 10.7. The summed E-state index contributed by atoms with van der Waals surface area (Å²) in [4.78, 5) is 30.1. The first-order valence-corrected chi connectivity index (χ1v) is 11.0. The SMILES string of the molecule is CC(C1CC1)C(O)(Cn1cncn1)c1ccc(Cl)cc1.CCNC(=O)NC(=O)/C(C#N)=N/OC. The molecular formula is C22H28ClN7O4. The molecule has 0 spiro atoms. The van der Waals surface area contributed by atoms with Crippen LogP contribution < -0.4 is 10.6 Å². The zero-order chi connectivity index (χ0) is 25.1. The van der Waals surface area contributed by atoms with Crippen molar-refractivity contribution < 1.29 is 19.5 Å².